The van der Waals surface area contributed by atoms with E-state index in [9.17, 15) is 4.79 Å². The Labute approximate surface area is 65.0 Å². The summed E-state index contributed by atoms with van der Waals surface area (Å²) >= 11 is 0. The highest BCUT2D eigenvalue weighted by Gasteiger charge is 2.42. The Morgan fingerprint density at radius 3 is 3.36 bits per heavy atom. The molecule has 0 aromatic carbocycles. The summed E-state index contributed by atoms with van der Waals surface area (Å²) in [4.78, 5) is 10.9. The first-order valence-electron chi connectivity index (χ1n) is 3.68. The molecule has 0 bridgehead atoms. The van der Waals surface area contributed by atoms with Crippen molar-refractivity contribution in [2.75, 3.05) is 6.79 Å². The van der Waals surface area contributed by atoms with Crippen LogP contribution in [0, 0.1) is 0 Å². The van der Waals surface area contributed by atoms with E-state index in [2.05, 4.69) is 0 Å². The first kappa shape index (κ1) is 7.00. The van der Waals surface area contributed by atoms with Gasteiger partial charge in [-0.15, -0.1) is 0 Å². The van der Waals surface area contributed by atoms with Crippen molar-refractivity contribution in [2.24, 2.45) is 0 Å². The summed E-state index contributed by atoms with van der Waals surface area (Å²) in [7, 11) is 0. The van der Waals surface area contributed by atoms with Crippen molar-refractivity contribution in [1.82, 2.24) is 0 Å². The van der Waals surface area contributed by atoms with Crippen LogP contribution in [0.4, 0.5) is 0 Å². The summed E-state index contributed by atoms with van der Waals surface area (Å²) in [6, 6.07) is 0. The third-order valence-corrected chi connectivity index (χ3v) is 2.27. The zero-order chi connectivity index (χ0) is 7.90. The Kier molecular flexibility index (Phi) is 1.37. The highest BCUT2D eigenvalue weighted by Crippen LogP contribution is 2.31. The van der Waals surface area contributed by atoms with Crippen molar-refractivity contribution in [1.29, 1.82) is 0 Å². The molecule has 1 fully saturated rings. The van der Waals surface area contributed by atoms with Gasteiger partial charge in [-0.25, -0.2) is 0 Å². The molecule has 1 heterocycles. The minimum atomic E-state index is -0.353. The summed E-state index contributed by atoms with van der Waals surface area (Å²) in [5.74, 6) is 0.123. The first-order chi connectivity index (χ1) is 5.21. The Hall–Kier alpha value is -0.670. The lowest BCUT2D eigenvalue weighted by Crippen LogP contribution is -2.38. The topological polar surface area (TPSA) is 35.5 Å². The SMILES string of the molecule is C[C@@]12C=CC(=O)C[C@@H]1OCO2. The number of allylic oxidation sites excluding steroid dienone is 1. The fourth-order valence-electron chi connectivity index (χ4n) is 1.43. The normalized spacial score (nSPS) is 42.6. The summed E-state index contributed by atoms with van der Waals surface area (Å²) < 4.78 is 10.6. The number of ether oxygens (including phenoxy) is 2. The van der Waals surface area contributed by atoms with Gasteiger partial charge in [-0.3, -0.25) is 4.79 Å². The molecule has 0 aromatic heterocycles. The number of hydrogen-bond donors (Lipinski definition) is 0. The second-order valence-corrected chi connectivity index (χ2v) is 3.11. The van der Waals surface area contributed by atoms with E-state index in [4.69, 9.17) is 9.47 Å². The van der Waals surface area contributed by atoms with Crippen LogP contribution in [0.5, 0.6) is 0 Å². The Morgan fingerprint density at radius 2 is 2.55 bits per heavy atom. The van der Waals surface area contributed by atoms with Crippen LogP contribution < -0.4 is 0 Å². The molecule has 0 amide bonds. The van der Waals surface area contributed by atoms with Crippen molar-refractivity contribution in [3.05, 3.63) is 12.2 Å². The number of ketones is 1. The van der Waals surface area contributed by atoms with Gasteiger partial charge >= 0.3 is 0 Å². The number of fused-ring (bicyclic) bond motifs is 1. The quantitative estimate of drug-likeness (QED) is 0.513. The molecule has 0 radical (unpaired) electrons. The largest absolute Gasteiger partial charge is 0.348 e. The predicted octanol–water partition coefficient (Wildman–Crippen LogP) is 0.647. The maximum absolute atomic E-state index is 10.9. The fourth-order valence-corrected chi connectivity index (χ4v) is 1.43. The molecule has 0 N–H and O–H groups in total. The van der Waals surface area contributed by atoms with E-state index < -0.39 is 0 Å². The summed E-state index contributed by atoms with van der Waals surface area (Å²) in [5.41, 5.74) is -0.353. The van der Waals surface area contributed by atoms with Crippen molar-refractivity contribution in [3.63, 3.8) is 0 Å². The van der Waals surface area contributed by atoms with Crippen molar-refractivity contribution in [3.8, 4) is 0 Å². The van der Waals surface area contributed by atoms with Gasteiger partial charge in [0.2, 0.25) is 0 Å². The Bertz CT molecular complexity index is 221. The van der Waals surface area contributed by atoms with Crippen molar-refractivity contribution < 1.29 is 14.3 Å². The van der Waals surface area contributed by atoms with Crippen LogP contribution in [0.1, 0.15) is 13.3 Å². The summed E-state index contributed by atoms with van der Waals surface area (Å²) in [5, 5.41) is 0. The molecule has 2 atom stereocenters. The molecule has 0 saturated carbocycles. The molecule has 60 valence electrons. The van der Waals surface area contributed by atoms with Gasteiger partial charge in [-0.2, -0.15) is 0 Å². The van der Waals surface area contributed by atoms with Gasteiger partial charge in [0.15, 0.2) is 5.78 Å². The van der Waals surface area contributed by atoms with Crippen LogP contribution in [0.2, 0.25) is 0 Å². The third kappa shape index (κ3) is 1.01. The lowest BCUT2D eigenvalue weighted by atomic mass is 9.89. The molecule has 2 aliphatic rings. The highest BCUT2D eigenvalue weighted by molar-refractivity contribution is 5.91. The molecular weight excluding hydrogens is 144 g/mol. The van der Waals surface area contributed by atoms with E-state index in [1.165, 1.54) is 0 Å². The molecule has 1 saturated heterocycles. The number of rotatable bonds is 0. The highest BCUT2D eigenvalue weighted by atomic mass is 16.7. The molecule has 0 unspecified atom stereocenters. The molecular formula is C8H10O3. The second kappa shape index (κ2) is 2.16. The van der Waals surface area contributed by atoms with Crippen LogP contribution in [0.25, 0.3) is 0 Å². The maximum atomic E-state index is 10.9. The van der Waals surface area contributed by atoms with Crippen LogP contribution in [-0.2, 0) is 14.3 Å². The summed E-state index contributed by atoms with van der Waals surface area (Å²) in [6.07, 6.45) is 3.74. The van der Waals surface area contributed by atoms with Gasteiger partial charge in [0.05, 0.1) is 6.10 Å². The van der Waals surface area contributed by atoms with E-state index in [-0.39, 0.29) is 17.5 Å². The molecule has 1 aliphatic heterocycles. The molecule has 3 heteroatoms. The molecule has 11 heavy (non-hydrogen) atoms. The number of hydrogen-bond acceptors (Lipinski definition) is 3. The summed E-state index contributed by atoms with van der Waals surface area (Å²) in [6.45, 7) is 2.24. The minimum Gasteiger partial charge on any atom is -0.348 e. The standard InChI is InChI=1S/C8H10O3/c1-8-3-2-6(9)4-7(8)10-5-11-8/h2-3,7H,4-5H2,1H3/t7-,8+/m0/s1. The average molecular weight is 154 g/mol. The fraction of sp³-hybridized carbons (Fsp3) is 0.625. The second-order valence-electron chi connectivity index (χ2n) is 3.11. The van der Waals surface area contributed by atoms with E-state index in [0.717, 1.165) is 0 Å². The first-order valence-corrected chi connectivity index (χ1v) is 3.68. The van der Waals surface area contributed by atoms with Gasteiger partial charge in [0, 0.05) is 6.42 Å². The smallest absolute Gasteiger partial charge is 0.158 e. The van der Waals surface area contributed by atoms with E-state index in [0.29, 0.717) is 13.2 Å². The van der Waals surface area contributed by atoms with Crippen LogP contribution >= 0.6 is 0 Å². The molecule has 0 spiro atoms. The van der Waals surface area contributed by atoms with Crippen LogP contribution in [0.3, 0.4) is 0 Å². The Balaban J connectivity index is 2.28. The monoisotopic (exact) mass is 154 g/mol. The molecule has 3 nitrogen and oxygen atoms in total. The van der Waals surface area contributed by atoms with Gasteiger partial charge in [-0.1, -0.05) is 0 Å². The molecule has 0 aromatic rings. The van der Waals surface area contributed by atoms with Crippen LogP contribution in [0.15, 0.2) is 12.2 Å². The predicted molar refractivity (Wildman–Crippen MR) is 38.0 cm³/mol. The van der Waals surface area contributed by atoms with Crippen LogP contribution in [-0.4, -0.2) is 24.3 Å². The van der Waals surface area contributed by atoms with Gasteiger partial charge in [0.1, 0.15) is 12.4 Å². The zero-order valence-corrected chi connectivity index (χ0v) is 6.37. The van der Waals surface area contributed by atoms with E-state index >= 15 is 0 Å². The number of carbonyl (C=O) groups is 1. The van der Waals surface area contributed by atoms with Gasteiger partial charge in [-0.05, 0) is 19.1 Å². The van der Waals surface area contributed by atoms with Crippen molar-refractivity contribution >= 4 is 5.78 Å². The lowest BCUT2D eigenvalue weighted by Gasteiger charge is -2.26. The zero-order valence-electron chi connectivity index (χ0n) is 6.37. The van der Waals surface area contributed by atoms with Crippen molar-refractivity contribution in [2.45, 2.75) is 25.0 Å². The van der Waals surface area contributed by atoms with E-state index in [1.54, 1.807) is 12.2 Å². The van der Waals surface area contributed by atoms with Gasteiger partial charge < -0.3 is 9.47 Å². The van der Waals surface area contributed by atoms with Gasteiger partial charge in [0.25, 0.3) is 0 Å². The molecule has 1 aliphatic carbocycles. The Morgan fingerprint density at radius 1 is 1.73 bits per heavy atom. The van der Waals surface area contributed by atoms with E-state index in [1.807, 2.05) is 6.92 Å². The average Bonchev–Trinajstić information content (AvgIpc) is 2.31. The maximum Gasteiger partial charge on any atom is 0.158 e. The minimum absolute atomic E-state index is 0.0694. The lowest BCUT2D eigenvalue weighted by molar-refractivity contribution is -0.117. The molecule has 2 rings (SSSR count). The third-order valence-electron chi connectivity index (χ3n) is 2.27. The number of carbonyl (C=O) groups excluding carboxylic acids is 1.